The minimum atomic E-state index is 0.814. The Bertz CT molecular complexity index is 408. The summed E-state index contributed by atoms with van der Waals surface area (Å²) in [4.78, 5) is 1.14. The largest absolute Gasteiger partial charge is 0.192 e. The molecule has 2 heteroatoms. The molecule has 116 valence electrons. The quantitative estimate of drug-likeness (QED) is 0.322. The first-order valence-corrected chi connectivity index (χ1v) is 9.49. The number of hydrogen-bond donors (Lipinski definition) is 0. The van der Waals surface area contributed by atoms with Crippen LogP contribution in [0.15, 0.2) is 29.2 Å². The molecule has 0 N–H and O–H groups in total. The maximum absolute atomic E-state index is 9.03. The molecule has 1 aromatic rings. The van der Waals surface area contributed by atoms with E-state index >= 15 is 0 Å². The second-order valence-electron chi connectivity index (χ2n) is 5.64. The van der Waals surface area contributed by atoms with Crippen molar-refractivity contribution in [2.24, 2.45) is 0 Å². The van der Waals surface area contributed by atoms with E-state index in [2.05, 4.69) is 19.1 Å². The highest BCUT2D eigenvalue weighted by Gasteiger charge is 2.00. The van der Waals surface area contributed by atoms with Gasteiger partial charge in [0, 0.05) is 4.90 Å². The summed E-state index contributed by atoms with van der Waals surface area (Å²) in [6.45, 7) is 2.27. The molecule has 0 bridgehead atoms. The Balaban J connectivity index is 1.94. The van der Waals surface area contributed by atoms with Crippen LogP contribution in [0.1, 0.15) is 76.7 Å². The van der Waals surface area contributed by atoms with Crippen LogP contribution in [0.5, 0.6) is 0 Å². The van der Waals surface area contributed by atoms with Gasteiger partial charge in [0.15, 0.2) is 0 Å². The van der Waals surface area contributed by atoms with Crippen molar-refractivity contribution in [1.82, 2.24) is 0 Å². The molecular formula is C19H29NS. The van der Waals surface area contributed by atoms with Crippen LogP contribution in [0.2, 0.25) is 0 Å². The van der Waals surface area contributed by atoms with Crippen LogP contribution in [0.25, 0.3) is 0 Å². The maximum atomic E-state index is 9.03. The summed E-state index contributed by atoms with van der Waals surface area (Å²) in [5.41, 5.74) is 0.814. The van der Waals surface area contributed by atoms with Crippen LogP contribution in [0, 0.1) is 11.3 Å². The van der Waals surface area contributed by atoms with Crippen LogP contribution in [0.4, 0.5) is 0 Å². The first-order chi connectivity index (χ1) is 10.4. The third-order valence-electron chi connectivity index (χ3n) is 3.76. The first kappa shape index (κ1) is 18.1. The summed E-state index contributed by atoms with van der Waals surface area (Å²) < 4.78 is 0. The van der Waals surface area contributed by atoms with E-state index in [0.29, 0.717) is 0 Å². The normalized spacial score (nSPS) is 10.5. The molecule has 0 saturated carbocycles. The Morgan fingerprint density at radius 1 is 0.857 bits per heavy atom. The molecular weight excluding hydrogens is 274 g/mol. The van der Waals surface area contributed by atoms with Gasteiger partial charge in [-0.2, -0.15) is 5.26 Å². The molecule has 1 rings (SSSR count). The van der Waals surface area contributed by atoms with Crippen LogP contribution in [-0.4, -0.2) is 5.75 Å². The molecule has 0 atom stereocenters. The van der Waals surface area contributed by atoms with Crippen molar-refractivity contribution in [2.45, 2.75) is 76.0 Å². The van der Waals surface area contributed by atoms with E-state index in [-0.39, 0.29) is 0 Å². The lowest BCUT2D eigenvalue weighted by atomic mass is 10.1. The van der Waals surface area contributed by atoms with E-state index in [1.807, 2.05) is 30.0 Å². The van der Waals surface area contributed by atoms with Crippen LogP contribution >= 0.6 is 11.8 Å². The minimum absolute atomic E-state index is 0.814. The van der Waals surface area contributed by atoms with E-state index in [0.717, 1.165) is 16.2 Å². The lowest BCUT2D eigenvalue weighted by Gasteiger charge is -2.04. The zero-order valence-electron chi connectivity index (χ0n) is 13.4. The predicted octanol–water partition coefficient (Wildman–Crippen LogP) is 6.57. The predicted molar refractivity (Wildman–Crippen MR) is 93.7 cm³/mol. The van der Waals surface area contributed by atoms with Gasteiger partial charge >= 0.3 is 0 Å². The second-order valence-corrected chi connectivity index (χ2v) is 6.78. The summed E-state index contributed by atoms with van der Waals surface area (Å²) in [6, 6.07) is 10.2. The van der Waals surface area contributed by atoms with Crippen LogP contribution < -0.4 is 0 Å². The number of rotatable bonds is 12. The Morgan fingerprint density at radius 2 is 1.43 bits per heavy atom. The minimum Gasteiger partial charge on any atom is -0.192 e. The highest BCUT2D eigenvalue weighted by Crippen LogP contribution is 2.23. The summed E-state index contributed by atoms with van der Waals surface area (Å²) in [5, 5.41) is 9.03. The standard InChI is InChI=1S/C19H29NS/c1-2-3-4-5-6-7-8-9-10-13-16-21-19-15-12-11-14-18(19)17-20/h11-12,14-15H,2-10,13,16H2,1H3. The number of thioether (sulfide) groups is 1. The van der Waals surface area contributed by atoms with Gasteiger partial charge in [0.2, 0.25) is 0 Å². The molecule has 0 aliphatic heterocycles. The Morgan fingerprint density at radius 3 is 2.05 bits per heavy atom. The van der Waals surface area contributed by atoms with Crippen molar-refractivity contribution in [3.05, 3.63) is 29.8 Å². The molecule has 0 saturated heterocycles. The number of hydrogen-bond acceptors (Lipinski definition) is 2. The van der Waals surface area contributed by atoms with Crippen LogP contribution in [0.3, 0.4) is 0 Å². The molecule has 0 spiro atoms. The summed E-state index contributed by atoms with van der Waals surface area (Å²) in [6.07, 6.45) is 13.8. The fraction of sp³-hybridized carbons (Fsp3) is 0.632. The van der Waals surface area contributed by atoms with E-state index < -0.39 is 0 Å². The van der Waals surface area contributed by atoms with Gasteiger partial charge in [-0.15, -0.1) is 11.8 Å². The van der Waals surface area contributed by atoms with Gasteiger partial charge in [-0.25, -0.2) is 0 Å². The van der Waals surface area contributed by atoms with E-state index in [9.17, 15) is 0 Å². The highest BCUT2D eigenvalue weighted by atomic mass is 32.2. The molecule has 0 aliphatic rings. The molecule has 0 fully saturated rings. The Labute approximate surface area is 135 Å². The van der Waals surface area contributed by atoms with E-state index in [4.69, 9.17) is 5.26 Å². The summed E-state index contributed by atoms with van der Waals surface area (Å²) in [7, 11) is 0. The SMILES string of the molecule is CCCCCCCCCCCCSc1ccccc1C#N. The van der Waals surface area contributed by atoms with E-state index in [1.165, 1.54) is 64.2 Å². The molecule has 1 nitrogen and oxygen atoms in total. The lowest BCUT2D eigenvalue weighted by Crippen LogP contribution is -1.85. The Kier molecular flexibility index (Phi) is 11.0. The molecule has 0 heterocycles. The maximum Gasteiger partial charge on any atom is 0.100 e. The molecule has 1 aromatic carbocycles. The second kappa shape index (κ2) is 12.8. The zero-order chi connectivity index (χ0) is 15.2. The Hall–Kier alpha value is -0.940. The number of unbranched alkanes of at least 4 members (excludes halogenated alkanes) is 9. The fourth-order valence-corrected chi connectivity index (χ4v) is 3.47. The lowest BCUT2D eigenvalue weighted by molar-refractivity contribution is 0.563. The zero-order valence-corrected chi connectivity index (χ0v) is 14.3. The number of benzene rings is 1. The van der Waals surface area contributed by atoms with Gasteiger partial charge in [-0.1, -0.05) is 76.8 Å². The smallest absolute Gasteiger partial charge is 0.100 e. The van der Waals surface area contributed by atoms with Gasteiger partial charge in [-0.3, -0.25) is 0 Å². The van der Waals surface area contributed by atoms with Gasteiger partial charge < -0.3 is 0 Å². The third kappa shape index (κ3) is 8.83. The topological polar surface area (TPSA) is 23.8 Å². The van der Waals surface area contributed by atoms with E-state index in [1.54, 1.807) is 0 Å². The van der Waals surface area contributed by atoms with Crippen molar-refractivity contribution in [3.8, 4) is 6.07 Å². The van der Waals surface area contributed by atoms with Crippen molar-refractivity contribution in [2.75, 3.05) is 5.75 Å². The molecule has 0 aromatic heterocycles. The first-order valence-electron chi connectivity index (χ1n) is 8.50. The molecule has 21 heavy (non-hydrogen) atoms. The highest BCUT2D eigenvalue weighted by molar-refractivity contribution is 7.99. The number of nitrogens with zero attached hydrogens (tertiary/aromatic N) is 1. The van der Waals surface area contributed by atoms with Crippen molar-refractivity contribution < 1.29 is 0 Å². The van der Waals surface area contributed by atoms with Crippen molar-refractivity contribution in [3.63, 3.8) is 0 Å². The molecule has 0 amide bonds. The van der Waals surface area contributed by atoms with Crippen LogP contribution in [-0.2, 0) is 0 Å². The van der Waals surface area contributed by atoms with Gasteiger partial charge in [0.1, 0.15) is 6.07 Å². The van der Waals surface area contributed by atoms with Gasteiger partial charge in [0.25, 0.3) is 0 Å². The summed E-state index contributed by atoms with van der Waals surface area (Å²) >= 11 is 1.83. The van der Waals surface area contributed by atoms with Gasteiger partial charge in [-0.05, 0) is 24.3 Å². The fourth-order valence-electron chi connectivity index (χ4n) is 2.46. The molecule has 0 unspecified atom stereocenters. The van der Waals surface area contributed by atoms with Crippen molar-refractivity contribution in [1.29, 1.82) is 5.26 Å². The molecule has 0 radical (unpaired) electrons. The number of nitriles is 1. The monoisotopic (exact) mass is 303 g/mol. The van der Waals surface area contributed by atoms with Gasteiger partial charge in [0.05, 0.1) is 5.56 Å². The summed E-state index contributed by atoms with van der Waals surface area (Å²) in [5.74, 6) is 1.13. The molecule has 0 aliphatic carbocycles. The third-order valence-corrected chi connectivity index (χ3v) is 4.92. The average molecular weight is 304 g/mol. The average Bonchev–Trinajstić information content (AvgIpc) is 2.53. The van der Waals surface area contributed by atoms with Crippen molar-refractivity contribution >= 4 is 11.8 Å².